The van der Waals surface area contributed by atoms with E-state index in [0.717, 1.165) is 13.6 Å². The summed E-state index contributed by atoms with van der Waals surface area (Å²) < 4.78 is 35.4. The zero-order valence-corrected chi connectivity index (χ0v) is 25.9. The van der Waals surface area contributed by atoms with Gasteiger partial charge in [0.15, 0.2) is 0 Å². The molecule has 2 aliphatic rings. The summed E-state index contributed by atoms with van der Waals surface area (Å²) in [5.41, 5.74) is 1.26. The molecule has 0 amide bonds. The quantitative estimate of drug-likeness (QED) is 0.313. The third kappa shape index (κ3) is 5.06. The van der Waals surface area contributed by atoms with Gasteiger partial charge in [-0.2, -0.15) is 0 Å². The summed E-state index contributed by atoms with van der Waals surface area (Å²) in [5, 5.41) is 0. The minimum atomic E-state index is -3.94. The number of halogens is 1. The van der Waals surface area contributed by atoms with Crippen molar-refractivity contribution in [2.45, 2.75) is 85.5 Å². The average Bonchev–Trinajstić information content (AvgIpc) is 3.11. The van der Waals surface area contributed by atoms with Gasteiger partial charge in [0.1, 0.15) is 0 Å². The van der Waals surface area contributed by atoms with Crippen LogP contribution in [0, 0.1) is 23.9 Å². The van der Waals surface area contributed by atoms with Gasteiger partial charge in [0.2, 0.25) is 0 Å². The monoisotopic (exact) mass is 624 g/mol. The van der Waals surface area contributed by atoms with Gasteiger partial charge >= 0.3 is 227 Å². The fourth-order valence-corrected chi connectivity index (χ4v) is 13.5. The normalized spacial score (nSPS) is 24.3. The van der Waals surface area contributed by atoms with Gasteiger partial charge in [-0.05, 0) is 0 Å². The average molecular weight is 625 g/mol. The predicted molar refractivity (Wildman–Crippen MR) is 155 cm³/mol. The van der Waals surface area contributed by atoms with Crippen LogP contribution in [0.15, 0.2) is 48.5 Å². The Kier molecular flexibility index (Phi) is 7.09. The van der Waals surface area contributed by atoms with Crippen molar-refractivity contribution in [2.24, 2.45) is 16.7 Å². The van der Waals surface area contributed by atoms with Gasteiger partial charge in [-0.25, -0.2) is 0 Å². The van der Waals surface area contributed by atoms with E-state index < -0.39 is 35.8 Å². The zero-order chi connectivity index (χ0) is 26.7. The molecule has 2 saturated carbocycles. The number of carbonyl (C=O) groups is 1. The summed E-state index contributed by atoms with van der Waals surface area (Å²) in [5.74, 6) is 0.154. The molecule has 6 heteroatoms. The Morgan fingerprint density at radius 1 is 0.861 bits per heavy atom. The van der Waals surface area contributed by atoms with Gasteiger partial charge < -0.3 is 0 Å². The molecule has 4 rings (SSSR count). The molecule has 0 aliphatic heterocycles. The first-order chi connectivity index (χ1) is 16.5. The molecule has 0 spiro atoms. The van der Waals surface area contributed by atoms with Crippen LogP contribution in [0.3, 0.4) is 0 Å². The second-order valence-electron chi connectivity index (χ2n) is 13.2. The van der Waals surface area contributed by atoms with Crippen LogP contribution in [0.25, 0.3) is 0 Å². The summed E-state index contributed by atoms with van der Waals surface area (Å²) in [6.45, 7) is 17.1. The van der Waals surface area contributed by atoms with Crippen LogP contribution < -0.4 is 0 Å². The van der Waals surface area contributed by atoms with Crippen LogP contribution in [-0.2, 0) is 28.3 Å². The van der Waals surface area contributed by atoms with Crippen LogP contribution in [0.4, 0.5) is 0 Å². The number of rotatable bonds is 6. The van der Waals surface area contributed by atoms with Crippen LogP contribution in [-0.4, -0.2) is 20.0 Å². The summed E-state index contributed by atoms with van der Waals surface area (Å²) in [6, 6.07) is 16.5. The third-order valence-corrected chi connectivity index (χ3v) is 16.1. The summed E-state index contributed by atoms with van der Waals surface area (Å²) in [7, 11) is -3.94. The van der Waals surface area contributed by atoms with E-state index in [0.29, 0.717) is 12.8 Å². The maximum absolute atomic E-state index is 13.7. The Balaban J connectivity index is 1.70. The number of hydrogen-bond donors (Lipinski definition) is 0. The molecule has 0 saturated heterocycles. The number of Topliss-reactive ketones (excluding diaryl/α,β-unsaturated/α-hetero) is 1. The van der Waals surface area contributed by atoms with E-state index in [2.05, 4.69) is 79.7 Å². The minimum absolute atomic E-state index is 0.00541. The Bertz CT molecular complexity index is 1170. The fourth-order valence-electron chi connectivity index (χ4n) is 5.86. The molecule has 2 fully saturated rings. The van der Waals surface area contributed by atoms with Gasteiger partial charge in [-0.3, -0.25) is 0 Å². The van der Waals surface area contributed by atoms with E-state index in [-0.39, 0.29) is 33.7 Å². The fraction of sp³-hybridized carbons (Fsp3) is 0.567. The van der Waals surface area contributed by atoms with Crippen molar-refractivity contribution in [3.63, 3.8) is 0 Å². The maximum atomic E-state index is 13.7. The molecule has 2 aliphatic carbocycles. The summed E-state index contributed by atoms with van der Waals surface area (Å²) >= 11 is -2.81. The van der Waals surface area contributed by atoms with E-state index in [4.69, 9.17) is 2.51 Å². The molecule has 2 bridgehead atoms. The Labute approximate surface area is 225 Å². The molecule has 4 nitrogen and oxygen atoms in total. The van der Waals surface area contributed by atoms with Crippen LogP contribution in [0.1, 0.15) is 85.8 Å². The second-order valence-corrected chi connectivity index (χ2v) is 19.7. The van der Waals surface area contributed by atoms with Crippen molar-refractivity contribution in [3.05, 3.63) is 66.8 Å². The van der Waals surface area contributed by atoms with Crippen LogP contribution in [0.5, 0.6) is 0 Å². The molecule has 2 aromatic carbocycles. The van der Waals surface area contributed by atoms with Crippen molar-refractivity contribution < 1.29 is 15.7 Å². The molecule has 2 atom stereocenters. The van der Waals surface area contributed by atoms with Crippen molar-refractivity contribution in [1.82, 2.24) is 0 Å². The second kappa shape index (κ2) is 9.19. The van der Waals surface area contributed by atoms with Crippen molar-refractivity contribution in [2.75, 3.05) is 5.75 Å². The van der Waals surface area contributed by atoms with Gasteiger partial charge in [-0.15, -0.1) is 0 Å². The number of fused-ring (bicyclic) bond motifs is 2. The first-order valence-electron chi connectivity index (χ1n) is 12.8. The van der Waals surface area contributed by atoms with Crippen molar-refractivity contribution >= 4 is 36.1 Å². The molecule has 0 radical (unpaired) electrons. The Hall–Kier alpha value is -1.25. The van der Waals surface area contributed by atoms with E-state index in [1.807, 2.05) is 24.3 Å². The van der Waals surface area contributed by atoms with Gasteiger partial charge in [0, 0.05) is 0 Å². The van der Waals surface area contributed by atoms with E-state index in [1.165, 1.54) is 11.1 Å². The van der Waals surface area contributed by atoms with E-state index in [9.17, 15) is 13.2 Å². The Morgan fingerprint density at radius 3 is 1.64 bits per heavy atom. The van der Waals surface area contributed by atoms with Crippen molar-refractivity contribution in [3.8, 4) is 0 Å². The predicted octanol–water partition coefficient (Wildman–Crippen LogP) is 7.48. The molecule has 198 valence electrons. The standard InChI is InChI=1S/C30H41IO4S/c1-27(2,3)21-9-13-24(14-10-21)31(25-15-11-22(12-16-25)28(4,5)6)35-36(33,34)20-30-18-17-23(19-26(30)32)29(30,7)8/h9-16,23H,17-20H2,1-8H3. The number of hydrogen-bond acceptors (Lipinski definition) is 4. The summed E-state index contributed by atoms with van der Waals surface area (Å²) in [4.78, 5) is 13.0. The third-order valence-electron chi connectivity index (χ3n) is 8.54. The van der Waals surface area contributed by atoms with E-state index in [1.54, 1.807) is 0 Å². The van der Waals surface area contributed by atoms with Gasteiger partial charge in [-0.1, -0.05) is 0 Å². The van der Waals surface area contributed by atoms with Crippen LogP contribution >= 0.6 is 20.2 Å². The van der Waals surface area contributed by atoms with Gasteiger partial charge in [0.05, 0.1) is 0 Å². The zero-order valence-electron chi connectivity index (χ0n) is 22.9. The molecule has 36 heavy (non-hydrogen) atoms. The summed E-state index contributed by atoms with van der Waals surface area (Å²) in [6.07, 6.45) is 2.05. The number of benzene rings is 2. The topological polar surface area (TPSA) is 60.4 Å². The van der Waals surface area contributed by atoms with Gasteiger partial charge in [0.25, 0.3) is 0 Å². The molecular formula is C30H41IO4S. The SMILES string of the molecule is CC(C)(C)c1ccc(I(OS(=O)(=O)CC23CCC(CC2=O)C3(C)C)c2ccc(C(C)(C)C)cc2)cc1. The molecule has 0 heterocycles. The molecule has 0 N–H and O–H groups in total. The molecule has 2 aromatic rings. The van der Waals surface area contributed by atoms with Crippen LogP contribution in [0.2, 0.25) is 0 Å². The Morgan fingerprint density at radius 2 is 1.31 bits per heavy atom. The van der Waals surface area contributed by atoms with Crippen molar-refractivity contribution in [1.29, 1.82) is 0 Å². The first-order valence-corrected chi connectivity index (χ1v) is 17.4. The first kappa shape index (κ1) is 27.8. The number of ketones is 1. The molecule has 2 unspecified atom stereocenters. The number of carbonyl (C=O) groups excluding carboxylic acids is 1. The molecule has 0 aromatic heterocycles. The molecular weight excluding hydrogens is 583 g/mol. The van der Waals surface area contributed by atoms with E-state index >= 15 is 0 Å².